The lowest BCUT2D eigenvalue weighted by Crippen LogP contribution is -2.09. The van der Waals surface area contributed by atoms with Crippen LogP contribution in [0.1, 0.15) is 11.7 Å². The van der Waals surface area contributed by atoms with Gasteiger partial charge in [0, 0.05) is 0 Å². The Balaban J connectivity index is 2.07. The largest absolute Gasteiger partial charge is 0.361 e. The number of ether oxygens (including phenoxy) is 1. The smallest absolute Gasteiger partial charge is 0.326 e. The predicted octanol–water partition coefficient (Wildman–Crippen LogP) is 0.996. The number of hydrogen-bond acceptors (Lipinski definition) is 2. The SMILES string of the molecule is [N-]=[N+]=CC(=O)[C@@H]1O[C@H]1c1ccccc1. The molecule has 0 unspecified atom stereocenters. The van der Waals surface area contributed by atoms with Crippen molar-refractivity contribution in [2.45, 2.75) is 12.2 Å². The van der Waals surface area contributed by atoms with Crippen molar-refractivity contribution in [3.05, 3.63) is 41.4 Å². The Labute approximate surface area is 80.7 Å². The first-order valence-corrected chi connectivity index (χ1v) is 4.24. The fraction of sp³-hybridized carbons (Fsp3) is 0.200. The molecular formula is C10H8N2O2. The summed E-state index contributed by atoms with van der Waals surface area (Å²) in [6, 6.07) is 9.47. The maximum absolute atomic E-state index is 11.2. The van der Waals surface area contributed by atoms with E-state index in [1.165, 1.54) is 0 Å². The fourth-order valence-corrected chi connectivity index (χ4v) is 1.36. The van der Waals surface area contributed by atoms with Gasteiger partial charge in [0.1, 0.15) is 6.10 Å². The minimum absolute atomic E-state index is 0.179. The van der Waals surface area contributed by atoms with Crippen LogP contribution in [0.25, 0.3) is 5.53 Å². The highest BCUT2D eigenvalue weighted by Gasteiger charge is 2.46. The van der Waals surface area contributed by atoms with E-state index in [0.717, 1.165) is 11.8 Å². The Bertz CT molecular complexity index is 396. The molecule has 0 radical (unpaired) electrons. The van der Waals surface area contributed by atoms with E-state index in [2.05, 4.69) is 4.79 Å². The Kier molecular flexibility index (Phi) is 2.23. The molecule has 2 atom stereocenters. The topological polar surface area (TPSA) is 66.0 Å². The lowest BCUT2D eigenvalue weighted by molar-refractivity contribution is -0.117. The van der Waals surface area contributed by atoms with Crippen LogP contribution >= 0.6 is 0 Å². The summed E-state index contributed by atoms with van der Waals surface area (Å²) in [5, 5.41) is 0. The highest BCUT2D eigenvalue weighted by Crippen LogP contribution is 2.38. The summed E-state index contributed by atoms with van der Waals surface area (Å²) in [6.07, 6.45) is 0.211. The van der Waals surface area contributed by atoms with Crippen molar-refractivity contribution in [3.63, 3.8) is 0 Å². The Morgan fingerprint density at radius 3 is 2.79 bits per heavy atom. The molecule has 70 valence electrons. The minimum Gasteiger partial charge on any atom is -0.361 e. The summed E-state index contributed by atoms with van der Waals surface area (Å²) < 4.78 is 5.17. The van der Waals surface area contributed by atoms with E-state index in [1.54, 1.807) is 0 Å². The standard InChI is InChI=1S/C10H8N2O2/c11-12-6-8(13)10-9(14-10)7-4-2-1-3-5-7/h1-6,9-10H/t9-,10-/m0/s1. The van der Waals surface area contributed by atoms with Crippen LogP contribution in [0.4, 0.5) is 0 Å². The molecule has 0 amide bonds. The van der Waals surface area contributed by atoms with Gasteiger partial charge in [-0.2, -0.15) is 4.79 Å². The Morgan fingerprint density at radius 1 is 1.43 bits per heavy atom. The second-order valence-electron chi connectivity index (χ2n) is 3.03. The number of Topliss-reactive ketones (excluding diaryl/α,β-unsaturated/α-hetero) is 1. The van der Waals surface area contributed by atoms with Gasteiger partial charge in [-0.15, -0.1) is 0 Å². The molecule has 1 fully saturated rings. The average Bonchev–Trinajstić information content (AvgIpc) is 2.99. The monoisotopic (exact) mass is 188 g/mol. The van der Waals surface area contributed by atoms with Crippen LogP contribution in [-0.4, -0.2) is 22.9 Å². The molecule has 0 N–H and O–H groups in total. The molecule has 2 rings (SSSR count). The zero-order chi connectivity index (χ0) is 9.97. The van der Waals surface area contributed by atoms with Gasteiger partial charge in [0.15, 0.2) is 6.10 Å². The zero-order valence-corrected chi connectivity index (χ0v) is 7.33. The molecule has 0 aromatic heterocycles. The number of nitrogens with zero attached hydrogens (tertiary/aromatic N) is 2. The molecule has 1 aromatic rings. The van der Waals surface area contributed by atoms with E-state index in [-0.39, 0.29) is 11.9 Å². The quantitative estimate of drug-likeness (QED) is 0.307. The van der Waals surface area contributed by atoms with Gasteiger partial charge in [0.25, 0.3) is 5.78 Å². The number of hydrogen-bond donors (Lipinski definition) is 0. The van der Waals surface area contributed by atoms with Gasteiger partial charge in [-0.25, -0.2) is 0 Å². The highest BCUT2D eigenvalue weighted by molar-refractivity contribution is 6.28. The van der Waals surface area contributed by atoms with Crippen LogP contribution < -0.4 is 0 Å². The molecule has 1 saturated heterocycles. The highest BCUT2D eigenvalue weighted by atomic mass is 16.6. The van der Waals surface area contributed by atoms with E-state index >= 15 is 0 Å². The van der Waals surface area contributed by atoms with Crippen molar-refractivity contribution in [2.75, 3.05) is 0 Å². The second kappa shape index (κ2) is 3.54. The zero-order valence-electron chi connectivity index (χ0n) is 7.33. The first-order valence-electron chi connectivity index (χ1n) is 4.24. The molecule has 0 aliphatic carbocycles. The third kappa shape index (κ3) is 1.62. The fourth-order valence-electron chi connectivity index (χ4n) is 1.36. The molecule has 0 saturated carbocycles. The van der Waals surface area contributed by atoms with E-state index in [1.807, 2.05) is 30.3 Å². The first kappa shape index (κ1) is 8.81. The van der Waals surface area contributed by atoms with E-state index < -0.39 is 6.10 Å². The summed E-state index contributed by atoms with van der Waals surface area (Å²) in [5.74, 6) is -0.304. The van der Waals surface area contributed by atoms with Gasteiger partial charge in [-0.1, -0.05) is 30.3 Å². The number of rotatable bonds is 3. The molecule has 0 spiro atoms. The molecule has 1 heterocycles. The van der Waals surface area contributed by atoms with E-state index in [4.69, 9.17) is 10.3 Å². The molecule has 14 heavy (non-hydrogen) atoms. The summed E-state index contributed by atoms with van der Waals surface area (Å²) >= 11 is 0. The van der Waals surface area contributed by atoms with Gasteiger partial charge in [-0.05, 0) is 5.56 Å². The van der Waals surface area contributed by atoms with Crippen molar-refractivity contribution in [1.29, 1.82) is 0 Å². The number of benzene rings is 1. The van der Waals surface area contributed by atoms with Crippen LogP contribution in [-0.2, 0) is 9.53 Å². The number of carbonyl (C=O) groups is 1. The van der Waals surface area contributed by atoms with Gasteiger partial charge in [-0.3, -0.25) is 4.79 Å². The number of epoxide rings is 1. The van der Waals surface area contributed by atoms with Crippen LogP contribution in [0.5, 0.6) is 0 Å². The molecular weight excluding hydrogens is 180 g/mol. The molecule has 4 heteroatoms. The van der Waals surface area contributed by atoms with Crippen molar-refractivity contribution in [1.82, 2.24) is 0 Å². The summed E-state index contributed by atoms with van der Waals surface area (Å²) in [4.78, 5) is 13.8. The van der Waals surface area contributed by atoms with Crippen LogP contribution in [0.3, 0.4) is 0 Å². The third-order valence-electron chi connectivity index (χ3n) is 2.09. The van der Waals surface area contributed by atoms with Crippen LogP contribution in [0.15, 0.2) is 30.3 Å². The molecule has 1 aromatic carbocycles. The Hall–Kier alpha value is -1.77. The van der Waals surface area contributed by atoms with E-state index in [9.17, 15) is 4.79 Å². The second-order valence-corrected chi connectivity index (χ2v) is 3.03. The van der Waals surface area contributed by atoms with Gasteiger partial charge >= 0.3 is 6.21 Å². The molecule has 1 aliphatic rings. The van der Waals surface area contributed by atoms with Gasteiger partial charge < -0.3 is 10.3 Å². The first-order chi connectivity index (χ1) is 6.83. The maximum atomic E-state index is 11.2. The number of carbonyl (C=O) groups excluding carboxylic acids is 1. The summed E-state index contributed by atoms with van der Waals surface area (Å²) in [5.41, 5.74) is 9.13. The van der Waals surface area contributed by atoms with E-state index in [0.29, 0.717) is 0 Å². The van der Waals surface area contributed by atoms with Crippen molar-refractivity contribution in [3.8, 4) is 0 Å². The lowest BCUT2D eigenvalue weighted by Gasteiger charge is -1.91. The van der Waals surface area contributed by atoms with Gasteiger partial charge in [0.2, 0.25) is 0 Å². The maximum Gasteiger partial charge on any atom is 0.326 e. The van der Waals surface area contributed by atoms with Crippen molar-refractivity contribution in [2.24, 2.45) is 0 Å². The minimum atomic E-state index is -0.478. The van der Waals surface area contributed by atoms with Crippen molar-refractivity contribution < 1.29 is 14.3 Å². The van der Waals surface area contributed by atoms with Crippen molar-refractivity contribution >= 4 is 12.0 Å². The summed E-state index contributed by atoms with van der Waals surface area (Å²) in [7, 11) is 0. The molecule has 4 nitrogen and oxygen atoms in total. The third-order valence-corrected chi connectivity index (χ3v) is 2.09. The lowest BCUT2D eigenvalue weighted by atomic mass is 10.1. The summed E-state index contributed by atoms with van der Waals surface area (Å²) in [6.45, 7) is 0. The predicted molar refractivity (Wildman–Crippen MR) is 48.7 cm³/mol. The number of ketones is 1. The van der Waals surface area contributed by atoms with Crippen LogP contribution in [0, 0.1) is 0 Å². The Morgan fingerprint density at radius 2 is 2.14 bits per heavy atom. The molecule has 1 aliphatic heterocycles. The molecule has 0 bridgehead atoms. The van der Waals surface area contributed by atoms with Gasteiger partial charge in [0.05, 0.1) is 0 Å². The van der Waals surface area contributed by atoms with Crippen LogP contribution in [0.2, 0.25) is 0 Å². The normalized spacial score (nSPS) is 23.7. The average molecular weight is 188 g/mol.